The number of carbonyl (C=O) groups excluding carboxylic acids is 2. The van der Waals surface area contributed by atoms with Crippen molar-refractivity contribution in [2.75, 3.05) is 68.0 Å². The maximum Gasteiger partial charge on any atom is 0.281 e. The van der Waals surface area contributed by atoms with E-state index in [1.54, 1.807) is 17.9 Å². The van der Waals surface area contributed by atoms with Crippen molar-refractivity contribution in [1.82, 2.24) is 29.8 Å². The van der Waals surface area contributed by atoms with Crippen molar-refractivity contribution in [2.45, 2.75) is 32.6 Å². The van der Waals surface area contributed by atoms with E-state index in [9.17, 15) is 18.4 Å². The highest BCUT2D eigenvalue weighted by Gasteiger charge is 2.27. The summed E-state index contributed by atoms with van der Waals surface area (Å²) in [7, 11) is 0. The number of allylic oxidation sites excluding steroid dienone is 2. The van der Waals surface area contributed by atoms with Gasteiger partial charge in [0.2, 0.25) is 23.8 Å². The smallest absolute Gasteiger partial charge is 0.281 e. The molecule has 2 aromatic rings. The highest BCUT2D eigenvalue weighted by Crippen LogP contribution is 2.30. The second-order valence-corrected chi connectivity index (χ2v) is 8.87. The molecule has 38 heavy (non-hydrogen) atoms. The molecule has 2 aliphatic heterocycles. The number of hydrogen-bond acceptors (Lipinski definition) is 11. The van der Waals surface area contributed by atoms with Gasteiger partial charge >= 0.3 is 0 Å². The first kappa shape index (κ1) is 27.2. The molecule has 204 valence electrons. The molecule has 2 saturated heterocycles. The van der Waals surface area contributed by atoms with Gasteiger partial charge in [0.05, 0.1) is 18.8 Å². The Morgan fingerprint density at radius 3 is 2.29 bits per heavy atom. The number of amides is 1. The normalized spacial score (nSPS) is 16.5. The fourth-order valence-corrected chi connectivity index (χ4v) is 4.27. The standard InChI is InChI=1S/C24H31F2N9O3/c1-2-4-16(36)5-3-6-18(37)33-7-9-34(10-8-33)23-30-21(17-15-28-22(27)29-19(17)20(25)26)31-24(32-23)35-11-13-38-14-12-35/h2,4,15,20H,3,5-14H2,1H3,(H2,27,28,29)/b4-2+. The zero-order valence-electron chi connectivity index (χ0n) is 21.2. The molecule has 0 radical (unpaired) electrons. The predicted octanol–water partition coefficient (Wildman–Crippen LogP) is 1.65. The van der Waals surface area contributed by atoms with E-state index in [1.165, 1.54) is 12.3 Å². The largest absolute Gasteiger partial charge is 0.378 e. The third-order valence-corrected chi connectivity index (χ3v) is 6.27. The van der Waals surface area contributed by atoms with Crippen molar-refractivity contribution in [3.63, 3.8) is 0 Å². The van der Waals surface area contributed by atoms with Crippen molar-refractivity contribution < 1.29 is 23.1 Å². The molecule has 2 aliphatic rings. The summed E-state index contributed by atoms with van der Waals surface area (Å²) >= 11 is 0. The van der Waals surface area contributed by atoms with E-state index in [0.29, 0.717) is 83.6 Å². The van der Waals surface area contributed by atoms with Crippen LogP contribution < -0.4 is 15.5 Å². The molecule has 4 rings (SSSR count). The summed E-state index contributed by atoms with van der Waals surface area (Å²) in [6, 6.07) is 0. The van der Waals surface area contributed by atoms with Crippen LogP contribution in [0.25, 0.3) is 11.4 Å². The summed E-state index contributed by atoms with van der Waals surface area (Å²) in [6.07, 6.45) is 2.64. The number of nitrogen functional groups attached to an aromatic ring is 1. The quantitative estimate of drug-likeness (QED) is 0.472. The molecule has 1 amide bonds. The Hall–Kier alpha value is -3.81. The molecule has 0 spiro atoms. The summed E-state index contributed by atoms with van der Waals surface area (Å²) in [6.45, 7) is 5.65. The van der Waals surface area contributed by atoms with Crippen molar-refractivity contribution >= 4 is 29.5 Å². The van der Waals surface area contributed by atoms with Gasteiger partial charge in [-0.15, -0.1) is 0 Å². The van der Waals surface area contributed by atoms with Crippen molar-refractivity contribution in [2.24, 2.45) is 0 Å². The van der Waals surface area contributed by atoms with E-state index >= 15 is 0 Å². The van der Waals surface area contributed by atoms with E-state index in [4.69, 9.17) is 10.5 Å². The van der Waals surface area contributed by atoms with E-state index in [1.807, 2.05) is 9.80 Å². The highest BCUT2D eigenvalue weighted by atomic mass is 19.3. The summed E-state index contributed by atoms with van der Waals surface area (Å²) < 4.78 is 33.0. The predicted molar refractivity (Wildman–Crippen MR) is 136 cm³/mol. The third kappa shape index (κ3) is 6.73. The molecular weight excluding hydrogens is 500 g/mol. The van der Waals surface area contributed by atoms with Gasteiger partial charge < -0.3 is 25.2 Å². The Balaban J connectivity index is 1.52. The van der Waals surface area contributed by atoms with Crippen LogP contribution in [-0.4, -0.2) is 94.0 Å². The number of aromatic nitrogens is 5. The maximum absolute atomic E-state index is 13.8. The Labute approximate surface area is 218 Å². The van der Waals surface area contributed by atoms with Gasteiger partial charge in [-0.2, -0.15) is 15.0 Å². The first-order valence-electron chi connectivity index (χ1n) is 12.5. The van der Waals surface area contributed by atoms with E-state index in [0.717, 1.165) is 0 Å². The summed E-state index contributed by atoms with van der Waals surface area (Å²) in [4.78, 5) is 51.0. The van der Waals surface area contributed by atoms with Crippen molar-refractivity contribution in [3.05, 3.63) is 24.0 Å². The molecule has 2 fully saturated rings. The van der Waals surface area contributed by atoms with Gasteiger partial charge in [-0.05, 0) is 19.4 Å². The zero-order chi connectivity index (χ0) is 27.1. The lowest BCUT2D eigenvalue weighted by Gasteiger charge is -2.35. The van der Waals surface area contributed by atoms with Crippen molar-refractivity contribution in [3.8, 4) is 11.4 Å². The van der Waals surface area contributed by atoms with Crippen molar-refractivity contribution in [1.29, 1.82) is 0 Å². The van der Waals surface area contributed by atoms with Crippen LogP contribution in [0.1, 0.15) is 38.3 Å². The second kappa shape index (κ2) is 12.6. The van der Waals surface area contributed by atoms with Gasteiger partial charge in [0.25, 0.3) is 6.43 Å². The van der Waals surface area contributed by atoms with Crippen LogP contribution in [0.5, 0.6) is 0 Å². The lowest BCUT2D eigenvalue weighted by molar-refractivity contribution is -0.131. The lowest BCUT2D eigenvalue weighted by atomic mass is 10.1. The fourth-order valence-electron chi connectivity index (χ4n) is 4.27. The molecule has 0 aliphatic carbocycles. The number of alkyl halides is 2. The number of nitrogens with two attached hydrogens (primary N) is 1. The minimum atomic E-state index is -2.90. The molecule has 2 N–H and O–H groups in total. The molecule has 0 saturated carbocycles. The van der Waals surface area contributed by atoms with Crippen LogP contribution >= 0.6 is 0 Å². The van der Waals surface area contributed by atoms with E-state index in [-0.39, 0.29) is 29.0 Å². The SMILES string of the molecule is C/C=C/C(=O)CCCC(=O)N1CCN(c2nc(-c3cnc(N)nc3C(F)F)nc(N3CCOCC3)n2)CC1. The number of morpholine rings is 1. The number of halogens is 2. The third-order valence-electron chi connectivity index (χ3n) is 6.27. The number of nitrogens with zero attached hydrogens (tertiary/aromatic N) is 8. The number of ketones is 1. The number of anilines is 3. The Kier molecular flexibility index (Phi) is 9.05. The average Bonchev–Trinajstić information content (AvgIpc) is 2.93. The van der Waals surface area contributed by atoms with Crippen LogP contribution in [-0.2, 0) is 14.3 Å². The van der Waals surface area contributed by atoms with Gasteiger partial charge in [0, 0.05) is 58.3 Å². The number of ether oxygens (including phenoxy) is 1. The van der Waals surface area contributed by atoms with Crippen LogP contribution in [0.2, 0.25) is 0 Å². The van der Waals surface area contributed by atoms with Crippen LogP contribution in [0.3, 0.4) is 0 Å². The molecule has 0 aromatic carbocycles. The van der Waals surface area contributed by atoms with E-state index < -0.39 is 12.1 Å². The molecule has 0 bridgehead atoms. The van der Waals surface area contributed by atoms with Crippen LogP contribution in [0.4, 0.5) is 26.6 Å². The Morgan fingerprint density at radius 2 is 1.66 bits per heavy atom. The molecule has 2 aromatic heterocycles. The zero-order valence-corrected chi connectivity index (χ0v) is 21.2. The number of rotatable bonds is 9. The molecule has 14 heteroatoms. The first-order valence-corrected chi connectivity index (χ1v) is 12.5. The number of piperazine rings is 1. The summed E-state index contributed by atoms with van der Waals surface area (Å²) in [5.74, 6) is 0.416. The summed E-state index contributed by atoms with van der Waals surface area (Å²) in [5, 5.41) is 0. The van der Waals surface area contributed by atoms with Crippen LogP contribution in [0, 0.1) is 0 Å². The monoisotopic (exact) mass is 531 g/mol. The first-order chi connectivity index (χ1) is 18.4. The van der Waals surface area contributed by atoms with Gasteiger partial charge in [0.15, 0.2) is 11.6 Å². The second-order valence-electron chi connectivity index (χ2n) is 8.87. The van der Waals surface area contributed by atoms with Gasteiger partial charge in [-0.1, -0.05) is 6.08 Å². The average molecular weight is 532 g/mol. The fraction of sp³-hybridized carbons (Fsp3) is 0.542. The molecule has 0 unspecified atom stereocenters. The van der Waals surface area contributed by atoms with Crippen LogP contribution in [0.15, 0.2) is 18.3 Å². The molecule has 0 atom stereocenters. The van der Waals surface area contributed by atoms with Gasteiger partial charge in [0.1, 0.15) is 5.69 Å². The summed E-state index contributed by atoms with van der Waals surface area (Å²) in [5.41, 5.74) is 4.97. The highest BCUT2D eigenvalue weighted by molar-refractivity contribution is 5.89. The van der Waals surface area contributed by atoms with Gasteiger partial charge in [-0.3, -0.25) is 9.59 Å². The molecular formula is C24H31F2N9O3. The van der Waals surface area contributed by atoms with Gasteiger partial charge in [-0.25, -0.2) is 18.7 Å². The Morgan fingerprint density at radius 1 is 1.00 bits per heavy atom. The Bertz CT molecular complexity index is 1170. The number of carbonyl (C=O) groups is 2. The maximum atomic E-state index is 13.8. The topological polar surface area (TPSA) is 144 Å². The lowest BCUT2D eigenvalue weighted by Crippen LogP contribution is -2.49. The molecule has 4 heterocycles. The minimum absolute atomic E-state index is 0.00772. The molecule has 12 nitrogen and oxygen atoms in total. The number of hydrogen-bond donors (Lipinski definition) is 1. The minimum Gasteiger partial charge on any atom is -0.378 e. The van der Waals surface area contributed by atoms with E-state index in [2.05, 4.69) is 24.9 Å².